The zero-order valence-electron chi connectivity index (χ0n) is 17.2. The van der Waals surface area contributed by atoms with Crippen LogP contribution in [0.25, 0.3) is 0 Å². The third kappa shape index (κ3) is 8.66. The Labute approximate surface area is 161 Å². The van der Waals surface area contributed by atoms with Gasteiger partial charge in [-0.3, -0.25) is 0 Å². The molecule has 1 atom stereocenters. The summed E-state index contributed by atoms with van der Waals surface area (Å²) in [6.45, 7) is 7.62. The highest BCUT2D eigenvalue weighted by molar-refractivity contribution is 5.17. The molecule has 0 aromatic heterocycles. The van der Waals surface area contributed by atoms with Gasteiger partial charge in [-0.1, -0.05) is 89.6 Å². The van der Waals surface area contributed by atoms with Gasteiger partial charge in [0.2, 0.25) is 0 Å². The fourth-order valence-electron chi connectivity index (χ4n) is 3.22. The van der Waals surface area contributed by atoms with Crippen LogP contribution in [0.4, 0.5) is 0 Å². The minimum Gasteiger partial charge on any atom is -0.387 e. The number of ether oxygens (including phenoxy) is 2. The lowest BCUT2D eigenvalue weighted by atomic mass is 9.95. The number of benzene rings is 1. The molecule has 3 heteroatoms. The molecule has 0 heterocycles. The largest absolute Gasteiger partial charge is 0.387 e. The van der Waals surface area contributed by atoms with Crippen LogP contribution >= 0.6 is 0 Å². The van der Waals surface area contributed by atoms with Gasteiger partial charge >= 0.3 is 0 Å². The van der Waals surface area contributed by atoms with Crippen LogP contribution in [-0.2, 0) is 15.9 Å². The molecule has 0 saturated carbocycles. The highest BCUT2D eigenvalue weighted by Gasteiger charge is 2.40. The topological polar surface area (TPSA) is 38.7 Å². The average molecular weight is 365 g/mol. The van der Waals surface area contributed by atoms with Crippen molar-refractivity contribution in [3.05, 3.63) is 35.9 Å². The van der Waals surface area contributed by atoms with Gasteiger partial charge < -0.3 is 14.6 Å². The summed E-state index contributed by atoms with van der Waals surface area (Å²) in [6.07, 6.45) is 9.83. The van der Waals surface area contributed by atoms with Gasteiger partial charge in [-0.2, -0.15) is 0 Å². The van der Waals surface area contributed by atoms with Gasteiger partial charge in [-0.25, -0.2) is 0 Å². The fourth-order valence-corrected chi connectivity index (χ4v) is 3.22. The van der Waals surface area contributed by atoms with Crippen molar-refractivity contribution >= 4 is 0 Å². The maximum atomic E-state index is 11.0. The first kappa shape index (κ1) is 23.1. The van der Waals surface area contributed by atoms with Crippen LogP contribution in [0.1, 0.15) is 84.1 Å². The third-order valence-corrected chi connectivity index (χ3v) is 4.73. The van der Waals surface area contributed by atoms with E-state index in [2.05, 4.69) is 32.9 Å². The van der Waals surface area contributed by atoms with Gasteiger partial charge in [0, 0.05) is 19.6 Å². The Kier molecular flexibility index (Phi) is 12.6. The molecule has 0 amide bonds. The van der Waals surface area contributed by atoms with E-state index in [9.17, 15) is 5.11 Å². The predicted molar refractivity (Wildman–Crippen MR) is 109 cm³/mol. The van der Waals surface area contributed by atoms with Gasteiger partial charge in [0.15, 0.2) is 5.79 Å². The van der Waals surface area contributed by atoms with Crippen LogP contribution in [0.2, 0.25) is 0 Å². The highest BCUT2D eigenvalue weighted by Crippen LogP contribution is 2.28. The molecule has 0 aliphatic rings. The van der Waals surface area contributed by atoms with Gasteiger partial charge in [-0.15, -0.1) is 0 Å². The van der Waals surface area contributed by atoms with Crippen LogP contribution in [0.5, 0.6) is 0 Å². The lowest BCUT2D eigenvalue weighted by molar-refractivity contribution is -0.284. The van der Waals surface area contributed by atoms with Crippen LogP contribution < -0.4 is 0 Å². The first-order valence-electron chi connectivity index (χ1n) is 10.7. The molecule has 1 rings (SSSR count). The number of aliphatic hydroxyl groups is 1. The second kappa shape index (κ2) is 14.2. The number of hydrogen-bond donors (Lipinski definition) is 1. The number of hydrogen-bond acceptors (Lipinski definition) is 3. The van der Waals surface area contributed by atoms with E-state index in [0.717, 1.165) is 31.2 Å². The number of rotatable bonds is 16. The molecular weight excluding hydrogens is 324 g/mol. The van der Waals surface area contributed by atoms with E-state index < -0.39 is 11.9 Å². The number of unbranched alkanes of at least 4 members (excludes halogenated alkanes) is 5. The smallest absolute Gasteiger partial charge is 0.198 e. The van der Waals surface area contributed by atoms with Crippen molar-refractivity contribution in [2.24, 2.45) is 0 Å². The zero-order chi connectivity index (χ0) is 19.1. The van der Waals surface area contributed by atoms with Gasteiger partial charge in [0.25, 0.3) is 0 Å². The Morgan fingerprint density at radius 3 is 1.96 bits per heavy atom. The molecule has 1 aromatic rings. The zero-order valence-corrected chi connectivity index (χ0v) is 17.2. The molecule has 150 valence electrons. The van der Waals surface area contributed by atoms with Crippen molar-refractivity contribution in [1.29, 1.82) is 0 Å². The molecule has 0 fully saturated rings. The van der Waals surface area contributed by atoms with Crippen LogP contribution in [0, 0.1) is 0 Å². The predicted octanol–water partition coefficient (Wildman–Crippen LogP) is 5.89. The van der Waals surface area contributed by atoms with E-state index in [0.29, 0.717) is 19.6 Å². The Bertz CT molecular complexity index is 424. The van der Waals surface area contributed by atoms with E-state index in [4.69, 9.17) is 9.47 Å². The summed E-state index contributed by atoms with van der Waals surface area (Å²) < 4.78 is 12.3. The molecule has 0 radical (unpaired) electrons. The molecule has 1 aromatic carbocycles. The maximum absolute atomic E-state index is 11.0. The first-order valence-corrected chi connectivity index (χ1v) is 10.7. The van der Waals surface area contributed by atoms with Crippen LogP contribution in [-0.4, -0.2) is 30.2 Å². The van der Waals surface area contributed by atoms with E-state index in [-0.39, 0.29) is 0 Å². The van der Waals surface area contributed by atoms with Crippen molar-refractivity contribution in [1.82, 2.24) is 0 Å². The van der Waals surface area contributed by atoms with Crippen LogP contribution in [0.15, 0.2) is 30.3 Å². The van der Waals surface area contributed by atoms with Gasteiger partial charge in [-0.05, 0) is 24.8 Å². The lowest BCUT2D eigenvalue weighted by Gasteiger charge is -2.38. The normalized spacial score (nSPS) is 13.1. The highest BCUT2D eigenvalue weighted by atomic mass is 16.7. The van der Waals surface area contributed by atoms with Crippen molar-refractivity contribution in [2.75, 3.05) is 13.2 Å². The van der Waals surface area contributed by atoms with E-state index in [1.165, 1.54) is 32.1 Å². The Hall–Kier alpha value is -0.900. The van der Waals surface area contributed by atoms with Crippen molar-refractivity contribution in [2.45, 2.75) is 96.9 Å². The van der Waals surface area contributed by atoms with E-state index >= 15 is 0 Å². The maximum Gasteiger partial charge on any atom is 0.198 e. The average Bonchev–Trinajstić information content (AvgIpc) is 2.67. The van der Waals surface area contributed by atoms with Gasteiger partial charge in [0.05, 0.1) is 0 Å². The Morgan fingerprint density at radius 2 is 1.38 bits per heavy atom. The van der Waals surface area contributed by atoms with Crippen molar-refractivity contribution < 1.29 is 14.6 Å². The summed E-state index contributed by atoms with van der Waals surface area (Å²) in [6, 6.07) is 10.2. The van der Waals surface area contributed by atoms with Gasteiger partial charge in [0.1, 0.15) is 6.10 Å². The fraction of sp³-hybridized carbons (Fsp3) is 0.739. The second-order valence-electron chi connectivity index (χ2n) is 7.24. The van der Waals surface area contributed by atoms with Crippen molar-refractivity contribution in [3.63, 3.8) is 0 Å². The molecule has 0 aliphatic heterocycles. The lowest BCUT2D eigenvalue weighted by Crippen LogP contribution is -2.50. The number of aliphatic hydroxyl groups excluding tert-OH is 1. The minimum absolute atomic E-state index is 0.588. The summed E-state index contributed by atoms with van der Waals surface area (Å²) in [7, 11) is 0. The van der Waals surface area contributed by atoms with E-state index in [1.807, 2.05) is 18.2 Å². The van der Waals surface area contributed by atoms with Crippen molar-refractivity contribution in [3.8, 4) is 0 Å². The SMILES string of the molecule is CCCCCCCCC(O)C(Cc1ccccc1)(OCCC)OCCC. The first-order chi connectivity index (χ1) is 12.7. The second-order valence-corrected chi connectivity index (χ2v) is 7.24. The molecule has 0 saturated heterocycles. The minimum atomic E-state index is -0.934. The molecule has 0 bridgehead atoms. The molecule has 3 nitrogen and oxygen atoms in total. The van der Waals surface area contributed by atoms with E-state index in [1.54, 1.807) is 0 Å². The Balaban J connectivity index is 2.74. The monoisotopic (exact) mass is 364 g/mol. The molecule has 1 N–H and O–H groups in total. The molecule has 0 spiro atoms. The standard InChI is InChI=1S/C23H40O3/c1-4-7-8-9-10-14-17-22(24)23(25-18-5-2,26-19-6-3)20-21-15-12-11-13-16-21/h11-13,15-16,22,24H,4-10,14,17-20H2,1-3H3. The quantitative estimate of drug-likeness (QED) is 0.293. The molecular formula is C23H40O3. The summed E-state index contributed by atoms with van der Waals surface area (Å²) >= 11 is 0. The summed E-state index contributed by atoms with van der Waals surface area (Å²) in [5, 5.41) is 11.0. The summed E-state index contributed by atoms with van der Waals surface area (Å²) in [4.78, 5) is 0. The molecule has 1 unspecified atom stereocenters. The van der Waals surface area contributed by atoms with Crippen LogP contribution in [0.3, 0.4) is 0 Å². The molecule has 0 aliphatic carbocycles. The molecule has 26 heavy (non-hydrogen) atoms. The summed E-state index contributed by atoms with van der Waals surface area (Å²) in [5.41, 5.74) is 1.14. The summed E-state index contributed by atoms with van der Waals surface area (Å²) in [5.74, 6) is -0.934. The Morgan fingerprint density at radius 1 is 0.808 bits per heavy atom. The third-order valence-electron chi connectivity index (χ3n) is 4.73.